The van der Waals surface area contributed by atoms with E-state index in [9.17, 15) is 28.2 Å². The number of carbonyl (C=O) groups excluding carboxylic acids is 1. The number of aromatic hydroxyl groups is 1. The first-order chi connectivity index (χ1) is 14.0. The topological polar surface area (TPSA) is 144 Å². The SMILES string of the molecule is Cc1cc(C(C(N)=O)C(=O)O)cc(Cl)c1Oc1ccc(O)c(S(=O)(=O)CC2CC2)c1. The van der Waals surface area contributed by atoms with Crippen molar-refractivity contribution in [1.82, 2.24) is 0 Å². The number of phenolic OH excluding ortho intramolecular Hbond substituents is 1. The normalized spacial score (nSPS) is 14.9. The van der Waals surface area contributed by atoms with Gasteiger partial charge < -0.3 is 20.7 Å². The standard InChI is InChI=1S/C20H20ClNO7S/c1-10-6-12(17(19(22)24)20(25)26)7-14(21)18(10)29-13-4-5-15(23)16(8-13)30(27,28)9-11-2-3-11/h4-8,11,17,23H,2-3,9H2,1H3,(H2,22,24)(H,25,26). The average Bonchev–Trinajstić information content (AvgIpc) is 3.42. The van der Waals surface area contributed by atoms with Crippen LogP contribution in [0.2, 0.25) is 5.02 Å². The fourth-order valence-corrected chi connectivity index (χ4v) is 5.22. The molecule has 4 N–H and O–H groups in total. The van der Waals surface area contributed by atoms with Crippen molar-refractivity contribution in [2.45, 2.75) is 30.6 Å². The minimum absolute atomic E-state index is 0.0213. The van der Waals surface area contributed by atoms with Gasteiger partial charge in [0.25, 0.3) is 0 Å². The zero-order valence-corrected chi connectivity index (χ0v) is 17.5. The van der Waals surface area contributed by atoms with E-state index in [0.29, 0.717) is 5.56 Å². The number of nitrogens with two attached hydrogens (primary N) is 1. The lowest BCUT2D eigenvalue weighted by molar-refractivity contribution is -0.142. The summed E-state index contributed by atoms with van der Waals surface area (Å²) in [5, 5.41) is 19.3. The number of hydrogen-bond acceptors (Lipinski definition) is 6. The molecule has 0 bridgehead atoms. The minimum atomic E-state index is -3.68. The lowest BCUT2D eigenvalue weighted by atomic mass is 9.96. The van der Waals surface area contributed by atoms with Crippen LogP contribution in [0.25, 0.3) is 0 Å². The number of hydrogen-bond donors (Lipinski definition) is 3. The highest BCUT2D eigenvalue weighted by molar-refractivity contribution is 7.91. The maximum Gasteiger partial charge on any atom is 0.320 e. The second-order valence-electron chi connectivity index (χ2n) is 7.28. The van der Waals surface area contributed by atoms with Gasteiger partial charge >= 0.3 is 5.97 Å². The van der Waals surface area contributed by atoms with Crippen LogP contribution in [0.1, 0.15) is 29.9 Å². The third kappa shape index (κ3) is 4.68. The van der Waals surface area contributed by atoms with Crippen molar-refractivity contribution in [2.24, 2.45) is 11.7 Å². The van der Waals surface area contributed by atoms with E-state index in [1.807, 2.05) is 0 Å². The Morgan fingerprint density at radius 3 is 2.47 bits per heavy atom. The van der Waals surface area contributed by atoms with E-state index in [-0.39, 0.29) is 44.4 Å². The quantitative estimate of drug-likeness (QED) is 0.521. The number of primary amides is 1. The Hall–Kier alpha value is -2.78. The van der Waals surface area contributed by atoms with Gasteiger partial charge in [0.2, 0.25) is 5.91 Å². The van der Waals surface area contributed by atoms with Gasteiger partial charge in [0.1, 0.15) is 22.1 Å². The van der Waals surface area contributed by atoms with Crippen molar-refractivity contribution < 1.29 is 33.0 Å². The lowest BCUT2D eigenvalue weighted by Gasteiger charge is -2.16. The molecule has 8 nitrogen and oxygen atoms in total. The zero-order chi connectivity index (χ0) is 22.2. The molecule has 1 fully saturated rings. The van der Waals surface area contributed by atoms with E-state index in [0.717, 1.165) is 12.8 Å². The van der Waals surface area contributed by atoms with Crippen LogP contribution in [0, 0.1) is 12.8 Å². The molecule has 0 aromatic heterocycles. The molecule has 0 heterocycles. The summed E-state index contributed by atoms with van der Waals surface area (Å²) in [5.74, 6) is -4.02. The number of amides is 1. The predicted molar refractivity (Wildman–Crippen MR) is 109 cm³/mol. The van der Waals surface area contributed by atoms with E-state index in [4.69, 9.17) is 22.1 Å². The zero-order valence-electron chi connectivity index (χ0n) is 16.0. The van der Waals surface area contributed by atoms with Crippen molar-refractivity contribution in [2.75, 3.05) is 5.75 Å². The second-order valence-corrected chi connectivity index (χ2v) is 9.69. The molecule has 0 aliphatic heterocycles. The Balaban J connectivity index is 1.94. The van der Waals surface area contributed by atoms with E-state index in [1.54, 1.807) is 6.92 Å². The first-order valence-corrected chi connectivity index (χ1v) is 11.1. The van der Waals surface area contributed by atoms with E-state index in [2.05, 4.69) is 0 Å². The largest absolute Gasteiger partial charge is 0.507 e. The fraction of sp³-hybridized carbons (Fsp3) is 0.300. The molecule has 3 rings (SSSR count). The van der Waals surface area contributed by atoms with Gasteiger partial charge in [-0.1, -0.05) is 17.7 Å². The summed E-state index contributed by atoms with van der Waals surface area (Å²) in [6.07, 6.45) is 1.69. The third-order valence-corrected chi connectivity index (χ3v) is 6.94. The van der Waals surface area contributed by atoms with Gasteiger partial charge in [-0.15, -0.1) is 0 Å². The number of sulfone groups is 1. The van der Waals surface area contributed by atoms with Crippen molar-refractivity contribution in [3.63, 3.8) is 0 Å². The highest BCUT2D eigenvalue weighted by atomic mass is 35.5. The molecule has 1 aliphatic rings. The van der Waals surface area contributed by atoms with Crippen molar-refractivity contribution in [3.05, 3.63) is 46.5 Å². The van der Waals surface area contributed by atoms with E-state index >= 15 is 0 Å². The Morgan fingerprint density at radius 2 is 1.93 bits per heavy atom. The van der Waals surface area contributed by atoms with Crippen molar-refractivity contribution >= 4 is 33.3 Å². The Kier molecular flexibility index (Phi) is 5.96. The van der Waals surface area contributed by atoms with Crippen LogP contribution in [0.5, 0.6) is 17.2 Å². The molecule has 0 saturated heterocycles. The Morgan fingerprint density at radius 1 is 1.27 bits per heavy atom. The molecule has 10 heteroatoms. The summed E-state index contributed by atoms with van der Waals surface area (Å²) in [5.41, 5.74) is 5.68. The molecular formula is C20H20ClNO7S. The summed E-state index contributed by atoms with van der Waals surface area (Å²) in [6, 6.07) is 6.51. The van der Waals surface area contributed by atoms with Crippen LogP contribution < -0.4 is 10.5 Å². The minimum Gasteiger partial charge on any atom is -0.507 e. The molecule has 30 heavy (non-hydrogen) atoms. The van der Waals surface area contributed by atoms with Gasteiger partial charge in [0.05, 0.1) is 10.8 Å². The van der Waals surface area contributed by atoms with Crippen LogP contribution in [-0.4, -0.2) is 36.3 Å². The summed E-state index contributed by atoms with van der Waals surface area (Å²) < 4.78 is 30.8. The molecule has 1 atom stereocenters. The molecule has 0 spiro atoms. The monoisotopic (exact) mass is 453 g/mol. The highest BCUT2D eigenvalue weighted by Crippen LogP contribution is 2.39. The molecule has 2 aromatic carbocycles. The molecule has 2 aromatic rings. The summed E-state index contributed by atoms with van der Waals surface area (Å²) in [7, 11) is -3.68. The van der Waals surface area contributed by atoms with Gasteiger partial charge in [-0.05, 0) is 55.0 Å². The first-order valence-electron chi connectivity index (χ1n) is 9.05. The maximum atomic E-state index is 12.5. The van der Waals surface area contributed by atoms with Gasteiger partial charge in [-0.3, -0.25) is 9.59 Å². The van der Waals surface area contributed by atoms with Gasteiger partial charge in [0.15, 0.2) is 15.8 Å². The predicted octanol–water partition coefficient (Wildman–Crippen LogP) is 2.98. The number of benzene rings is 2. The number of halogens is 1. The number of aryl methyl sites for hydroxylation is 1. The lowest BCUT2D eigenvalue weighted by Crippen LogP contribution is -2.28. The second kappa shape index (κ2) is 8.16. The van der Waals surface area contributed by atoms with Gasteiger partial charge in [0, 0.05) is 6.07 Å². The molecule has 1 unspecified atom stereocenters. The molecule has 1 aliphatic carbocycles. The van der Waals surface area contributed by atoms with Gasteiger partial charge in [-0.2, -0.15) is 0 Å². The van der Waals surface area contributed by atoms with Crippen LogP contribution >= 0.6 is 11.6 Å². The summed E-state index contributed by atoms with van der Waals surface area (Å²) in [4.78, 5) is 22.6. The number of carboxylic acid groups (broad SMARTS) is 1. The highest BCUT2D eigenvalue weighted by Gasteiger charge is 2.31. The number of carbonyl (C=O) groups is 2. The number of aliphatic carboxylic acids is 1. The smallest absolute Gasteiger partial charge is 0.320 e. The molecule has 160 valence electrons. The molecular weight excluding hydrogens is 434 g/mol. The number of carboxylic acids is 1. The Labute approximate surface area is 178 Å². The molecule has 1 amide bonds. The Bertz CT molecular complexity index is 1090. The van der Waals surface area contributed by atoms with Crippen molar-refractivity contribution in [3.8, 4) is 17.2 Å². The van der Waals surface area contributed by atoms with E-state index < -0.39 is 27.6 Å². The molecule has 1 saturated carbocycles. The molecule has 0 radical (unpaired) electrons. The maximum absolute atomic E-state index is 12.5. The number of phenols is 1. The fourth-order valence-electron chi connectivity index (χ4n) is 3.09. The van der Waals surface area contributed by atoms with Crippen LogP contribution in [0.15, 0.2) is 35.2 Å². The van der Waals surface area contributed by atoms with E-state index in [1.165, 1.54) is 30.3 Å². The van der Waals surface area contributed by atoms with Gasteiger partial charge in [-0.25, -0.2) is 8.42 Å². The average molecular weight is 454 g/mol. The summed E-state index contributed by atoms with van der Waals surface area (Å²) in [6.45, 7) is 1.59. The van der Waals surface area contributed by atoms with Crippen LogP contribution in [0.3, 0.4) is 0 Å². The van der Waals surface area contributed by atoms with Crippen molar-refractivity contribution in [1.29, 1.82) is 0 Å². The number of ether oxygens (including phenoxy) is 1. The van der Waals surface area contributed by atoms with Crippen LogP contribution in [-0.2, 0) is 19.4 Å². The summed E-state index contributed by atoms with van der Waals surface area (Å²) >= 11 is 6.24. The third-order valence-electron chi connectivity index (χ3n) is 4.75. The first kappa shape index (κ1) is 21.9. The number of rotatable bonds is 8. The van der Waals surface area contributed by atoms with Crippen LogP contribution in [0.4, 0.5) is 0 Å².